The molecule has 0 atom stereocenters. The van der Waals surface area contributed by atoms with Crippen LogP contribution in [0.5, 0.6) is 5.75 Å². The second-order valence-corrected chi connectivity index (χ2v) is 6.93. The molecule has 1 aromatic heterocycles. The first-order valence-electron chi connectivity index (χ1n) is 9.45. The molecule has 1 amide bonds. The van der Waals surface area contributed by atoms with Gasteiger partial charge in [0, 0.05) is 18.1 Å². The van der Waals surface area contributed by atoms with Crippen LogP contribution in [0, 0.1) is 18.3 Å². The standard InChI is InChI=1S/C23H18N6O2/c1-14-7-3-6-10-19(14)26-23(31)18-11-15-8-4-5-9-17(15)20(21(18)30)27-28-22-16(12-24)13-25-29(22)2/h3-11,13,30H,1-2H3,(H,26,31)/b28-27+. The van der Waals surface area contributed by atoms with Gasteiger partial charge in [-0.25, -0.2) is 4.68 Å². The van der Waals surface area contributed by atoms with Crippen LogP contribution in [0.2, 0.25) is 0 Å². The van der Waals surface area contributed by atoms with Crippen molar-refractivity contribution in [2.24, 2.45) is 17.3 Å². The van der Waals surface area contributed by atoms with Gasteiger partial charge in [-0.15, -0.1) is 10.2 Å². The van der Waals surface area contributed by atoms with Crippen molar-refractivity contribution in [3.63, 3.8) is 0 Å². The SMILES string of the molecule is Cc1ccccc1NC(=O)c1cc2ccccc2c(/N=N/c2c(C#N)cnn2C)c1O. The smallest absolute Gasteiger partial charge is 0.259 e. The van der Waals surface area contributed by atoms with Crippen molar-refractivity contribution < 1.29 is 9.90 Å². The van der Waals surface area contributed by atoms with Crippen molar-refractivity contribution in [1.82, 2.24) is 9.78 Å². The zero-order valence-electron chi connectivity index (χ0n) is 16.9. The summed E-state index contributed by atoms with van der Waals surface area (Å²) in [5.74, 6) is -0.512. The summed E-state index contributed by atoms with van der Waals surface area (Å²) in [6, 6.07) is 18.2. The monoisotopic (exact) mass is 410 g/mol. The van der Waals surface area contributed by atoms with Crippen molar-refractivity contribution in [2.45, 2.75) is 6.92 Å². The normalized spacial score (nSPS) is 11.0. The number of anilines is 1. The highest BCUT2D eigenvalue weighted by atomic mass is 16.3. The van der Waals surface area contributed by atoms with Crippen LogP contribution in [-0.4, -0.2) is 20.8 Å². The lowest BCUT2D eigenvalue weighted by Gasteiger charge is -2.12. The van der Waals surface area contributed by atoms with Gasteiger partial charge in [-0.1, -0.05) is 42.5 Å². The molecule has 2 N–H and O–H groups in total. The zero-order chi connectivity index (χ0) is 22.0. The van der Waals surface area contributed by atoms with E-state index in [4.69, 9.17) is 0 Å². The Kier molecular flexibility index (Phi) is 5.16. The van der Waals surface area contributed by atoms with E-state index in [1.807, 2.05) is 43.3 Å². The Morgan fingerprint density at radius 3 is 2.68 bits per heavy atom. The van der Waals surface area contributed by atoms with Gasteiger partial charge in [0.25, 0.3) is 5.91 Å². The quantitative estimate of drug-likeness (QED) is 0.454. The molecule has 0 radical (unpaired) electrons. The molecule has 0 unspecified atom stereocenters. The molecular weight excluding hydrogens is 392 g/mol. The third-order valence-corrected chi connectivity index (χ3v) is 4.91. The minimum atomic E-state index is -0.466. The lowest BCUT2D eigenvalue weighted by atomic mass is 10.0. The predicted octanol–water partition coefficient (Wildman–Crippen LogP) is 5.13. The fraction of sp³-hybridized carbons (Fsp3) is 0.0870. The highest BCUT2D eigenvalue weighted by molar-refractivity contribution is 6.11. The fourth-order valence-corrected chi connectivity index (χ4v) is 3.22. The topological polar surface area (TPSA) is 116 Å². The number of nitriles is 1. The predicted molar refractivity (Wildman–Crippen MR) is 117 cm³/mol. The molecule has 4 aromatic rings. The number of carbonyl (C=O) groups excluding carboxylic acids is 1. The lowest BCUT2D eigenvalue weighted by Crippen LogP contribution is -2.13. The number of azo groups is 1. The van der Waals surface area contributed by atoms with Crippen molar-refractivity contribution in [1.29, 1.82) is 5.26 Å². The molecule has 0 saturated heterocycles. The largest absolute Gasteiger partial charge is 0.505 e. The molecule has 0 aliphatic rings. The fourth-order valence-electron chi connectivity index (χ4n) is 3.22. The van der Waals surface area contributed by atoms with Gasteiger partial charge in [0.05, 0.1) is 11.8 Å². The van der Waals surface area contributed by atoms with Crippen molar-refractivity contribution >= 4 is 33.9 Å². The minimum Gasteiger partial charge on any atom is -0.505 e. The van der Waals surface area contributed by atoms with Crippen LogP contribution in [0.3, 0.4) is 0 Å². The summed E-state index contributed by atoms with van der Waals surface area (Å²) in [5.41, 5.74) is 2.01. The van der Waals surface area contributed by atoms with E-state index in [0.717, 1.165) is 10.9 Å². The number of aryl methyl sites for hydroxylation is 2. The van der Waals surface area contributed by atoms with Crippen LogP contribution in [-0.2, 0) is 7.05 Å². The summed E-state index contributed by atoms with van der Waals surface area (Å²) in [4.78, 5) is 13.0. The van der Waals surface area contributed by atoms with Crippen LogP contribution in [0.25, 0.3) is 10.8 Å². The van der Waals surface area contributed by atoms with Gasteiger partial charge in [0.1, 0.15) is 17.3 Å². The van der Waals surface area contributed by atoms with Gasteiger partial charge >= 0.3 is 0 Å². The molecule has 8 heteroatoms. The minimum absolute atomic E-state index is 0.0708. The summed E-state index contributed by atoms with van der Waals surface area (Å²) in [6.07, 6.45) is 1.39. The number of fused-ring (bicyclic) bond motifs is 1. The number of aromatic nitrogens is 2. The summed E-state index contributed by atoms with van der Waals surface area (Å²) in [7, 11) is 1.64. The number of rotatable bonds is 4. The molecular formula is C23H18N6O2. The molecule has 3 aromatic carbocycles. The first kappa shape index (κ1) is 19.8. The molecule has 0 saturated carbocycles. The number of para-hydroxylation sites is 1. The van der Waals surface area contributed by atoms with Crippen LogP contribution in [0.1, 0.15) is 21.5 Å². The highest BCUT2D eigenvalue weighted by Gasteiger charge is 2.19. The Morgan fingerprint density at radius 1 is 1.16 bits per heavy atom. The maximum Gasteiger partial charge on any atom is 0.259 e. The van der Waals surface area contributed by atoms with E-state index in [2.05, 4.69) is 20.6 Å². The number of nitrogens with zero attached hydrogens (tertiary/aromatic N) is 5. The number of hydrogen-bond donors (Lipinski definition) is 2. The number of benzene rings is 3. The summed E-state index contributed by atoms with van der Waals surface area (Å²) in [5, 5.41) is 36.6. The number of nitrogens with one attached hydrogen (secondary N) is 1. The Bertz CT molecular complexity index is 1380. The second-order valence-electron chi connectivity index (χ2n) is 6.93. The number of phenolic OH excluding ortho intramolecular Hbond substituents is 1. The lowest BCUT2D eigenvalue weighted by molar-refractivity contribution is 0.102. The number of phenols is 1. The van der Waals surface area contributed by atoms with E-state index in [1.165, 1.54) is 10.9 Å². The number of hydrogen-bond acceptors (Lipinski definition) is 6. The third-order valence-electron chi connectivity index (χ3n) is 4.91. The molecule has 0 aliphatic heterocycles. The maximum absolute atomic E-state index is 13.0. The average Bonchev–Trinajstić information content (AvgIpc) is 3.13. The molecule has 8 nitrogen and oxygen atoms in total. The molecule has 0 aliphatic carbocycles. The molecule has 0 bridgehead atoms. The molecule has 0 spiro atoms. The van der Waals surface area contributed by atoms with Gasteiger partial charge in [0.2, 0.25) is 0 Å². The molecule has 152 valence electrons. The van der Waals surface area contributed by atoms with E-state index >= 15 is 0 Å². The van der Waals surface area contributed by atoms with E-state index in [9.17, 15) is 15.2 Å². The van der Waals surface area contributed by atoms with E-state index < -0.39 is 5.91 Å². The first-order chi connectivity index (χ1) is 15.0. The Hall–Kier alpha value is -4.51. The summed E-state index contributed by atoms with van der Waals surface area (Å²) in [6.45, 7) is 1.89. The molecule has 4 rings (SSSR count). The molecule has 1 heterocycles. The average molecular weight is 410 g/mol. The van der Waals surface area contributed by atoms with Gasteiger partial charge in [-0.3, -0.25) is 4.79 Å². The van der Waals surface area contributed by atoms with E-state index in [0.29, 0.717) is 11.1 Å². The van der Waals surface area contributed by atoms with Gasteiger partial charge in [-0.2, -0.15) is 10.4 Å². The summed E-state index contributed by atoms with van der Waals surface area (Å²) >= 11 is 0. The van der Waals surface area contributed by atoms with Crippen molar-refractivity contribution in [2.75, 3.05) is 5.32 Å². The maximum atomic E-state index is 13.0. The van der Waals surface area contributed by atoms with Crippen LogP contribution >= 0.6 is 0 Å². The van der Waals surface area contributed by atoms with Crippen molar-refractivity contribution in [3.8, 4) is 11.8 Å². The number of carbonyl (C=O) groups is 1. The summed E-state index contributed by atoms with van der Waals surface area (Å²) < 4.78 is 1.41. The van der Waals surface area contributed by atoms with E-state index in [-0.39, 0.29) is 28.4 Å². The van der Waals surface area contributed by atoms with Crippen molar-refractivity contribution in [3.05, 3.63) is 77.5 Å². The Morgan fingerprint density at radius 2 is 1.90 bits per heavy atom. The van der Waals surface area contributed by atoms with Crippen LogP contribution in [0.4, 0.5) is 17.2 Å². The zero-order valence-corrected chi connectivity index (χ0v) is 16.9. The molecule has 31 heavy (non-hydrogen) atoms. The first-order valence-corrected chi connectivity index (χ1v) is 9.45. The third kappa shape index (κ3) is 3.72. The van der Waals surface area contributed by atoms with Crippen LogP contribution in [0.15, 0.2) is 71.0 Å². The van der Waals surface area contributed by atoms with Gasteiger partial charge in [-0.05, 0) is 30.0 Å². The number of amides is 1. The second kappa shape index (κ2) is 8.08. The Labute approximate surface area is 178 Å². The highest BCUT2D eigenvalue weighted by Crippen LogP contribution is 2.39. The van der Waals surface area contributed by atoms with Crippen LogP contribution < -0.4 is 5.32 Å². The molecule has 0 fully saturated rings. The number of aromatic hydroxyl groups is 1. The van der Waals surface area contributed by atoms with Gasteiger partial charge in [0.15, 0.2) is 11.6 Å². The van der Waals surface area contributed by atoms with Gasteiger partial charge < -0.3 is 10.4 Å². The van der Waals surface area contributed by atoms with E-state index in [1.54, 1.807) is 31.3 Å². The Balaban J connectivity index is 1.82.